The average molecular weight is 356 g/mol. The fourth-order valence-electron chi connectivity index (χ4n) is 5.94. The SMILES string of the molecule is CC1(C)C[C@@H]2C[C@](C)(C[NH+]2C(c2ccc(F)cc2)c2ccc(F)cc2)C1. The van der Waals surface area contributed by atoms with E-state index < -0.39 is 0 Å². The molecule has 2 fully saturated rings. The molecule has 2 aromatic carbocycles. The van der Waals surface area contributed by atoms with E-state index in [9.17, 15) is 8.78 Å². The molecule has 1 saturated heterocycles. The van der Waals surface area contributed by atoms with Gasteiger partial charge in [-0.1, -0.05) is 20.8 Å². The van der Waals surface area contributed by atoms with Crippen molar-refractivity contribution < 1.29 is 13.7 Å². The minimum Gasteiger partial charge on any atom is -0.322 e. The van der Waals surface area contributed by atoms with Gasteiger partial charge in [0.15, 0.2) is 0 Å². The quantitative estimate of drug-likeness (QED) is 0.824. The van der Waals surface area contributed by atoms with Crippen molar-refractivity contribution in [2.24, 2.45) is 10.8 Å². The molecule has 1 unspecified atom stereocenters. The standard InChI is InChI=1S/C23H27F2N/c1-22(2)12-20-13-23(3,14-22)15-26(20)21(16-4-8-18(24)9-5-16)17-6-10-19(25)11-7-17/h4-11,20-21H,12-15H2,1-3H3/p+1/t20-,23+/m1/s1. The number of fused-ring (bicyclic) bond motifs is 2. The number of benzene rings is 2. The second-order valence-electron chi connectivity index (χ2n) is 9.54. The van der Waals surface area contributed by atoms with E-state index in [1.807, 2.05) is 24.3 Å². The Balaban J connectivity index is 1.76. The molecule has 1 aliphatic carbocycles. The lowest BCUT2D eigenvalue weighted by Crippen LogP contribution is -3.14. The van der Waals surface area contributed by atoms with E-state index in [4.69, 9.17) is 0 Å². The molecule has 1 heterocycles. The summed E-state index contributed by atoms with van der Waals surface area (Å²) in [6.45, 7) is 8.29. The monoisotopic (exact) mass is 356 g/mol. The Morgan fingerprint density at radius 1 is 0.846 bits per heavy atom. The van der Waals surface area contributed by atoms with Gasteiger partial charge in [-0.3, -0.25) is 0 Å². The van der Waals surface area contributed by atoms with E-state index in [-0.39, 0.29) is 17.7 Å². The number of nitrogens with one attached hydrogen (secondary N) is 1. The van der Waals surface area contributed by atoms with Crippen molar-refractivity contribution >= 4 is 0 Å². The highest BCUT2D eigenvalue weighted by atomic mass is 19.1. The van der Waals surface area contributed by atoms with Gasteiger partial charge in [0.1, 0.15) is 17.7 Å². The summed E-state index contributed by atoms with van der Waals surface area (Å²) in [7, 11) is 0. The normalized spacial score (nSPS) is 29.9. The molecular weight excluding hydrogens is 328 g/mol. The number of likely N-dealkylation sites (tertiary alicyclic amines) is 1. The molecule has 1 saturated carbocycles. The minimum absolute atomic E-state index is 0.122. The van der Waals surface area contributed by atoms with Gasteiger partial charge in [-0.05, 0) is 60.4 Å². The molecular formula is C23H28F2N+. The van der Waals surface area contributed by atoms with Gasteiger partial charge < -0.3 is 4.90 Å². The van der Waals surface area contributed by atoms with Crippen LogP contribution in [0.1, 0.15) is 57.2 Å². The molecule has 138 valence electrons. The Morgan fingerprint density at radius 2 is 1.35 bits per heavy atom. The van der Waals surface area contributed by atoms with Crippen molar-refractivity contribution in [2.75, 3.05) is 6.54 Å². The van der Waals surface area contributed by atoms with Crippen LogP contribution in [0.4, 0.5) is 8.78 Å². The maximum atomic E-state index is 13.5. The Labute approximate surface area is 155 Å². The number of hydrogen-bond donors (Lipinski definition) is 1. The summed E-state index contributed by atoms with van der Waals surface area (Å²) in [5, 5.41) is 0. The van der Waals surface area contributed by atoms with Crippen LogP contribution in [0.25, 0.3) is 0 Å². The summed E-state index contributed by atoms with van der Waals surface area (Å²) in [6, 6.07) is 14.5. The average Bonchev–Trinajstić information content (AvgIpc) is 2.80. The molecule has 26 heavy (non-hydrogen) atoms. The summed E-state index contributed by atoms with van der Waals surface area (Å²) in [5.74, 6) is -0.426. The second kappa shape index (κ2) is 6.16. The van der Waals surface area contributed by atoms with Crippen LogP contribution in [0.3, 0.4) is 0 Å². The molecule has 3 heteroatoms. The highest BCUT2D eigenvalue weighted by Crippen LogP contribution is 2.48. The molecule has 0 aromatic heterocycles. The number of quaternary nitrogens is 1. The number of rotatable bonds is 3. The van der Waals surface area contributed by atoms with E-state index in [1.165, 1.54) is 19.3 Å². The van der Waals surface area contributed by atoms with Crippen molar-refractivity contribution in [3.8, 4) is 0 Å². The Kier molecular flexibility index (Phi) is 4.18. The molecule has 2 bridgehead atoms. The van der Waals surface area contributed by atoms with Crippen LogP contribution >= 0.6 is 0 Å². The van der Waals surface area contributed by atoms with Gasteiger partial charge in [0.25, 0.3) is 0 Å². The third-order valence-corrected chi connectivity index (χ3v) is 6.38. The largest absolute Gasteiger partial charge is 0.322 e. The second-order valence-corrected chi connectivity index (χ2v) is 9.54. The first-order chi connectivity index (χ1) is 12.2. The maximum Gasteiger partial charge on any atom is 0.139 e. The van der Waals surface area contributed by atoms with Gasteiger partial charge in [-0.15, -0.1) is 0 Å². The predicted octanol–water partition coefficient (Wildman–Crippen LogP) is 4.54. The van der Waals surface area contributed by atoms with E-state index in [1.54, 1.807) is 29.2 Å². The molecule has 4 rings (SSSR count). The minimum atomic E-state index is -0.213. The van der Waals surface area contributed by atoms with Crippen LogP contribution in [0.2, 0.25) is 0 Å². The zero-order chi connectivity index (χ0) is 18.5. The summed E-state index contributed by atoms with van der Waals surface area (Å²) < 4.78 is 27.0. The van der Waals surface area contributed by atoms with Crippen LogP contribution in [-0.2, 0) is 0 Å². The van der Waals surface area contributed by atoms with E-state index in [0.717, 1.165) is 17.7 Å². The van der Waals surface area contributed by atoms with E-state index >= 15 is 0 Å². The van der Waals surface area contributed by atoms with Gasteiger partial charge in [0.2, 0.25) is 0 Å². The van der Waals surface area contributed by atoms with Crippen molar-refractivity contribution in [1.82, 2.24) is 0 Å². The predicted molar refractivity (Wildman–Crippen MR) is 100.0 cm³/mol. The first-order valence-electron chi connectivity index (χ1n) is 9.61. The van der Waals surface area contributed by atoms with Crippen LogP contribution in [0, 0.1) is 22.5 Å². The van der Waals surface area contributed by atoms with Gasteiger partial charge in [-0.2, -0.15) is 0 Å². The van der Waals surface area contributed by atoms with E-state index in [0.29, 0.717) is 16.9 Å². The van der Waals surface area contributed by atoms with Gasteiger partial charge in [-0.25, -0.2) is 8.78 Å². The van der Waals surface area contributed by atoms with Crippen LogP contribution < -0.4 is 4.90 Å². The lowest BCUT2D eigenvalue weighted by Gasteiger charge is -2.38. The Bertz CT molecular complexity index is 735. The van der Waals surface area contributed by atoms with Crippen LogP contribution in [0.15, 0.2) is 48.5 Å². The summed E-state index contributed by atoms with van der Waals surface area (Å²) in [6.07, 6.45) is 3.70. The van der Waals surface area contributed by atoms with Crippen molar-refractivity contribution in [3.05, 3.63) is 71.3 Å². The van der Waals surface area contributed by atoms with Crippen molar-refractivity contribution in [1.29, 1.82) is 0 Å². The van der Waals surface area contributed by atoms with Crippen molar-refractivity contribution in [2.45, 2.75) is 52.1 Å². The fourth-order valence-corrected chi connectivity index (χ4v) is 5.94. The highest BCUT2D eigenvalue weighted by molar-refractivity contribution is 5.30. The fraction of sp³-hybridized carbons (Fsp3) is 0.478. The number of halogens is 2. The molecule has 3 atom stereocenters. The van der Waals surface area contributed by atoms with E-state index in [2.05, 4.69) is 20.8 Å². The zero-order valence-electron chi connectivity index (χ0n) is 15.9. The van der Waals surface area contributed by atoms with Crippen LogP contribution in [0.5, 0.6) is 0 Å². The topological polar surface area (TPSA) is 4.44 Å². The first kappa shape index (κ1) is 17.7. The first-order valence-corrected chi connectivity index (χ1v) is 9.61. The highest BCUT2D eigenvalue weighted by Gasteiger charge is 2.54. The molecule has 1 nitrogen and oxygen atoms in total. The Hall–Kier alpha value is -1.74. The molecule has 2 aliphatic rings. The Morgan fingerprint density at radius 3 is 1.85 bits per heavy atom. The molecule has 0 spiro atoms. The third kappa shape index (κ3) is 3.29. The summed E-state index contributed by atoms with van der Waals surface area (Å²) in [4.78, 5) is 1.55. The summed E-state index contributed by atoms with van der Waals surface area (Å²) in [5.41, 5.74) is 2.93. The molecule has 1 aliphatic heterocycles. The maximum absolute atomic E-state index is 13.5. The van der Waals surface area contributed by atoms with Crippen molar-refractivity contribution in [3.63, 3.8) is 0 Å². The van der Waals surface area contributed by atoms with Gasteiger partial charge in [0, 0.05) is 29.4 Å². The van der Waals surface area contributed by atoms with Crippen LogP contribution in [-0.4, -0.2) is 12.6 Å². The smallest absolute Gasteiger partial charge is 0.139 e. The third-order valence-electron chi connectivity index (χ3n) is 6.38. The lowest BCUT2D eigenvalue weighted by atomic mass is 9.65. The molecule has 0 radical (unpaired) electrons. The van der Waals surface area contributed by atoms with Gasteiger partial charge >= 0.3 is 0 Å². The molecule has 0 amide bonds. The van der Waals surface area contributed by atoms with Gasteiger partial charge in [0.05, 0.1) is 12.6 Å². The lowest BCUT2D eigenvalue weighted by molar-refractivity contribution is -0.939. The molecule has 1 N–H and O–H groups in total. The zero-order valence-corrected chi connectivity index (χ0v) is 15.9. The number of hydrogen-bond acceptors (Lipinski definition) is 0. The molecule has 2 aromatic rings. The summed E-state index contributed by atoms with van der Waals surface area (Å²) >= 11 is 0.